The van der Waals surface area contributed by atoms with Crippen LogP contribution >= 0.6 is 15.9 Å². The average Bonchev–Trinajstić information content (AvgIpc) is 2.88. The zero-order chi connectivity index (χ0) is 17.9. The molecule has 0 saturated carbocycles. The summed E-state index contributed by atoms with van der Waals surface area (Å²) in [6.07, 6.45) is 0. The molecule has 5 nitrogen and oxygen atoms in total. The normalized spacial score (nSPS) is 12.3. The van der Waals surface area contributed by atoms with E-state index in [2.05, 4.69) is 31.4 Å². The van der Waals surface area contributed by atoms with Crippen LogP contribution in [-0.4, -0.2) is 28.8 Å². The number of aromatic nitrogens is 2. The third-order valence-electron chi connectivity index (χ3n) is 3.29. The van der Waals surface area contributed by atoms with Gasteiger partial charge < -0.3 is 10.1 Å². The van der Waals surface area contributed by atoms with Gasteiger partial charge in [-0.05, 0) is 40.9 Å². The van der Waals surface area contributed by atoms with Crippen molar-refractivity contribution in [1.82, 2.24) is 15.5 Å². The van der Waals surface area contributed by atoms with Gasteiger partial charge in [0.15, 0.2) is 17.3 Å². The molecule has 0 aliphatic rings. The number of benzene rings is 1. The van der Waals surface area contributed by atoms with E-state index in [0.29, 0.717) is 4.47 Å². The van der Waals surface area contributed by atoms with Gasteiger partial charge >= 0.3 is 0 Å². The quantitative estimate of drug-likeness (QED) is 0.773. The smallest absolute Gasteiger partial charge is 0.273 e. The lowest BCUT2D eigenvalue weighted by molar-refractivity contribution is 0.0920. The van der Waals surface area contributed by atoms with E-state index in [4.69, 9.17) is 4.74 Å². The number of halogens is 3. The molecule has 0 radical (unpaired) electrons. The van der Waals surface area contributed by atoms with Crippen LogP contribution in [0.1, 0.15) is 42.9 Å². The van der Waals surface area contributed by atoms with Gasteiger partial charge in [0.2, 0.25) is 0 Å². The van der Waals surface area contributed by atoms with E-state index in [9.17, 15) is 13.6 Å². The molecule has 0 fully saturated rings. The molecule has 0 aliphatic heterocycles. The summed E-state index contributed by atoms with van der Waals surface area (Å²) in [5.74, 6) is -1.72. The fraction of sp³-hybridized carbons (Fsp3) is 0.375. The molecule has 1 heterocycles. The van der Waals surface area contributed by atoms with Crippen LogP contribution in [0.2, 0.25) is 0 Å². The summed E-state index contributed by atoms with van der Waals surface area (Å²) in [5.41, 5.74) is 1.08. The van der Waals surface area contributed by atoms with Gasteiger partial charge in [0.05, 0.1) is 16.2 Å². The lowest BCUT2D eigenvalue weighted by Crippen LogP contribution is -2.37. The second-order valence-corrected chi connectivity index (χ2v) is 6.51. The maximum absolute atomic E-state index is 13.5. The first kappa shape index (κ1) is 18.4. The van der Waals surface area contributed by atoms with E-state index in [1.165, 1.54) is 6.07 Å². The first-order valence-corrected chi connectivity index (χ1v) is 8.21. The summed E-state index contributed by atoms with van der Waals surface area (Å²) < 4.78 is 32.2. The molecule has 130 valence electrons. The summed E-state index contributed by atoms with van der Waals surface area (Å²) >= 11 is 3.36. The Labute approximate surface area is 146 Å². The first-order valence-electron chi connectivity index (χ1n) is 7.42. The van der Waals surface area contributed by atoms with Crippen molar-refractivity contribution in [3.8, 4) is 5.75 Å². The highest BCUT2D eigenvalue weighted by Crippen LogP contribution is 2.25. The van der Waals surface area contributed by atoms with Crippen molar-refractivity contribution >= 4 is 21.8 Å². The van der Waals surface area contributed by atoms with Crippen molar-refractivity contribution in [2.75, 3.05) is 6.61 Å². The Morgan fingerprint density at radius 2 is 2.08 bits per heavy atom. The average molecular weight is 402 g/mol. The molecule has 1 aromatic heterocycles. The molecule has 0 bridgehead atoms. The van der Waals surface area contributed by atoms with Crippen LogP contribution in [0.5, 0.6) is 5.75 Å². The van der Waals surface area contributed by atoms with Crippen LogP contribution in [0.15, 0.2) is 22.7 Å². The molecule has 2 N–H and O–H groups in total. The minimum absolute atomic E-state index is 0.0351. The number of amides is 1. The zero-order valence-corrected chi connectivity index (χ0v) is 15.1. The Hall–Kier alpha value is -1.96. The van der Waals surface area contributed by atoms with Gasteiger partial charge in [-0.2, -0.15) is 5.10 Å². The number of carbonyl (C=O) groups is 1. The van der Waals surface area contributed by atoms with E-state index in [1.807, 2.05) is 13.8 Å². The summed E-state index contributed by atoms with van der Waals surface area (Å²) in [4.78, 5) is 12.2. The van der Waals surface area contributed by atoms with E-state index in [1.54, 1.807) is 6.92 Å². The van der Waals surface area contributed by atoms with E-state index >= 15 is 0 Å². The predicted molar refractivity (Wildman–Crippen MR) is 89.2 cm³/mol. The van der Waals surface area contributed by atoms with E-state index in [0.717, 1.165) is 17.8 Å². The van der Waals surface area contributed by atoms with Crippen LogP contribution in [0, 0.1) is 11.6 Å². The molecule has 1 atom stereocenters. The number of aromatic amines is 1. The second-order valence-electron chi connectivity index (χ2n) is 5.71. The number of ether oxygens (including phenoxy) is 1. The summed E-state index contributed by atoms with van der Waals surface area (Å²) in [7, 11) is 0. The van der Waals surface area contributed by atoms with Crippen LogP contribution in [-0.2, 0) is 0 Å². The molecule has 1 unspecified atom stereocenters. The summed E-state index contributed by atoms with van der Waals surface area (Å²) in [6, 6.07) is 2.66. The van der Waals surface area contributed by atoms with E-state index < -0.39 is 17.7 Å². The fourth-order valence-corrected chi connectivity index (χ4v) is 2.83. The molecule has 1 aromatic carbocycles. The summed E-state index contributed by atoms with van der Waals surface area (Å²) in [5, 5.41) is 9.55. The van der Waals surface area contributed by atoms with E-state index in [-0.39, 0.29) is 29.9 Å². The fourth-order valence-electron chi connectivity index (χ4n) is 2.02. The molecule has 2 rings (SSSR count). The predicted octanol–water partition coefficient (Wildman–Crippen LogP) is 3.77. The molecule has 0 aliphatic carbocycles. The molecule has 8 heteroatoms. The SMILES string of the molecule is CC(COc1ccc(F)cc1F)NC(=O)c1n[nH]c(C(C)C)c1Br. The van der Waals surface area contributed by atoms with Crippen molar-refractivity contribution in [3.05, 3.63) is 45.7 Å². The number of hydrogen-bond donors (Lipinski definition) is 2. The van der Waals surface area contributed by atoms with Crippen molar-refractivity contribution in [2.24, 2.45) is 0 Å². The Bertz CT molecular complexity index is 734. The number of hydrogen-bond acceptors (Lipinski definition) is 3. The highest BCUT2D eigenvalue weighted by atomic mass is 79.9. The number of rotatable bonds is 6. The lowest BCUT2D eigenvalue weighted by Gasteiger charge is -2.15. The minimum Gasteiger partial charge on any atom is -0.488 e. The van der Waals surface area contributed by atoms with Crippen molar-refractivity contribution in [3.63, 3.8) is 0 Å². The third kappa shape index (κ3) is 4.31. The highest BCUT2D eigenvalue weighted by molar-refractivity contribution is 9.10. The number of carbonyl (C=O) groups excluding carboxylic acids is 1. The Kier molecular flexibility index (Phi) is 5.93. The van der Waals surface area contributed by atoms with Crippen molar-refractivity contribution in [2.45, 2.75) is 32.7 Å². The Balaban J connectivity index is 1.94. The highest BCUT2D eigenvalue weighted by Gasteiger charge is 2.20. The topological polar surface area (TPSA) is 67.0 Å². The molecule has 0 spiro atoms. The maximum atomic E-state index is 13.5. The van der Waals surface area contributed by atoms with Crippen LogP contribution in [0.4, 0.5) is 8.78 Å². The van der Waals surface area contributed by atoms with Crippen molar-refractivity contribution < 1.29 is 18.3 Å². The number of nitrogens with one attached hydrogen (secondary N) is 2. The van der Waals surface area contributed by atoms with Gasteiger partial charge in [0.25, 0.3) is 5.91 Å². The van der Waals surface area contributed by atoms with Crippen LogP contribution in [0.25, 0.3) is 0 Å². The van der Waals surface area contributed by atoms with Crippen LogP contribution in [0.3, 0.4) is 0 Å². The minimum atomic E-state index is -0.787. The molecular weight excluding hydrogens is 384 g/mol. The standard InChI is InChI=1S/C16H18BrF2N3O2/c1-8(2)14-13(17)15(22-21-14)16(23)20-9(3)7-24-12-5-4-10(18)6-11(12)19/h4-6,8-9H,7H2,1-3H3,(H,20,23)(H,21,22). The second kappa shape index (κ2) is 7.74. The Morgan fingerprint density at radius 1 is 1.38 bits per heavy atom. The van der Waals surface area contributed by atoms with Gasteiger partial charge in [0.1, 0.15) is 12.4 Å². The van der Waals surface area contributed by atoms with Crippen molar-refractivity contribution in [1.29, 1.82) is 0 Å². The maximum Gasteiger partial charge on any atom is 0.273 e. The van der Waals surface area contributed by atoms with Crippen LogP contribution < -0.4 is 10.1 Å². The van der Waals surface area contributed by atoms with Gasteiger partial charge in [-0.15, -0.1) is 0 Å². The molecular formula is C16H18BrF2N3O2. The first-order chi connectivity index (χ1) is 11.3. The molecule has 2 aromatic rings. The van der Waals surface area contributed by atoms with Gasteiger partial charge in [-0.3, -0.25) is 9.89 Å². The molecule has 1 amide bonds. The largest absolute Gasteiger partial charge is 0.488 e. The molecule has 24 heavy (non-hydrogen) atoms. The summed E-state index contributed by atoms with van der Waals surface area (Å²) in [6.45, 7) is 5.71. The third-order valence-corrected chi connectivity index (χ3v) is 4.09. The number of H-pyrrole nitrogens is 1. The Morgan fingerprint density at radius 3 is 2.67 bits per heavy atom. The monoisotopic (exact) mass is 401 g/mol. The molecule has 0 saturated heterocycles. The zero-order valence-electron chi connectivity index (χ0n) is 13.5. The lowest BCUT2D eigenvalue weighted by atomic mass is 10.1. The van der Waals surface area contributed by atoms with Gasteiger partial charge in [-0.25, -0.2) is 8.78 Å². The van der Waals surface area contributed by atoms with Gasteiger partial charge in [0, 0.05) is 6.07 Å². The number of nitrogens with zero attached hydrogens (tertiary/aromatic N) is 1. The van der Waals surface area contributed by atoms with Gasteiger partial charge in [-0.1, -0.05) is 13.8 Å².